The van der Waals surface area contributed by atoms with E-state index < -0.39 is 0 Å². The normalized spacial score (nSPS) is 10.6. The minimum Gasteiger partial charge on any atom is -0.395 e. The first kappa shape index (κ1) is 14.5. The number of nitrogens with zero attached hydrogens (tertiary/aromatic N) is 1. The second kappa shape index (κ2) is 6.40. The number of benzene rings is 1. The average Bonchev–Trinajstić information content (AvgIpc) is 2.34. The SMILES string of the molecule is CNc1ccc(C(=O)N(CCO)C(C)C)c(C)c1. The molecule has 0 radical (unpaired) electrons. The number of nitrogens with one attached hydrogen (secondary N) is 1. The van der Waals surface area contributed by atoms with Crippen LogP contribution in [0.5, 0.6) is 0 Å². The lowest BCUT2D eigenvalue weighted by Gasteiger charge is -2.26. The van der Waals surface area contributed by atoms with Crippen molar-refractivity contribution in [2.24, 2.45) is 0 Å². The third-order valence-electron chi connectivity index (χ3n) is 2.97. The standard InChI is InChI=1S/C14H22N2O2/c1-10(2)16(7-8-17)14(18)13-6-5-12(15-4)9-11(13)3/h5-6,9-10,15,17H,7-8H2,1-4H3. The molecule has 0 spiro atoms. The van der Waals surface area contributed by atoms with E-state index in [1.54, 1.807) is 4.90 Å². The van der Waals surface area contributed by atoms with E-state index in [-0.39, 0.29) is 18.6 Å². The third kappa shape index (κ3) is 3.23. The third-order valence-corrected chi connectivity index (χ3v) is 2.97. The molecule has 0 bridgehead atoms. The van der Waals surface area contributed by atoms with Gasteiger partial charge in [0, 0.05) is 30.9 Å². The Morgan fingerprint density at radius 2 is 2.11 bits per heavy atom. The first-order valence-electron chi connectivity index (χ1n) is 6.21. The maximum atomic E-state index is 12.4. The maximum Gasteiger partial charge on any atom is 0.254 e. The van der Waals surface area contributed by atoms with E-state index in [0.29, 0.717) is 12.1 Å². The van der Waals surface area contributed by atoms with Crippen LogP contribution in [-0.4, -0.2) is 42.2 Å². The van der Waals surface area contributed by atoms with Gasteiger partial charge in [-0.15, -0.1) is 0 Å². The van der Waals surface area contributed by atoms with Crippen LogP contribution in [0.15, 0.2) is 18.2 Å². The lowest BCUT2D eigenvalue weighted by Crippen LogP contribution is -2.39. The largest absolute Gasteiger partial charge is 0.395 e. The molecule has 2 N–H and O–H groups in total. The Hall–Kier alpha value is -1.55. The van der Waals surface area contributed by atoms with E-state index in [1.165, 1.54) is 0 Å². The number of aliphatic hydroxyl groups is 1. The van der Waals surface area contributed by atoms with Gasteiger partial charge in [-0.25, -0.2) is 0 Å². The van der Waals surface area contributed by atoms with Crippen LogP contribution in [0.1, 0.15) is 29.8 Å². The van der Waals surface area contributed by atoms with Crippen molar-refractivity contribution in [1.29, 1.82) is 0 Å². The van der Waals surface area contributed by atoms with Gasteiger partial charge in [0.25, 0.3) is 5.91 Å². The molecule has 18 heavy (non-hydrogen) atoms. The van der Waals surface area contributed by atoms with Gasteiger partial charge in [0.05, 0.1) is 6.61 Å². The summed E-state index contributed by atoms with van der Waals surface area (Å²) in [6.07, 6.45) is 0. The predicted molar refractivity (Wildman–Crippen MR) is 74.0 cm³/mol. The van der Waals surface area contributed by atoms with Crippen molar-refractivity contribution in [1.82, 2.24) is 4.90 Å². The number of hydrogen-bond acceptors (Lipinski definition) is 3. The average molecular weight is 250 g/mol. The number of rotatable bonds is 5. The molecule has 1 aromatic rings. The second-order valence-electron chi connectivity index (χ2n) is 4.60. The molecule has 0 saturated heterocycles. The minimum absolute atomic E-state index is 0.0163. The summed E-state index contributed by atoms with van der Waals surface area (Å²) in [5, 5.41) is 12.1. The lowest BCUT2D eigenvalue weighted by atomic mass is 10.1. The van der Waals surface area contributed by atoms with Crippen molar-refractivity contribution >= 4 is 11.6 Å². The van der Waals surface area contributed by atoms with Crippen LogP contribution in [0.3, 0.4) is 0 Å². The molecule has 0 fully saturated rings. The molecular formula is C14H22N2O2. The van der Waals surface area contributed by atoms with Crippen LogP contribution in [0.25, 0.3) is 0 Å². The Balaban J connectivity index is 3.01. The number of amides is 1. The van der Waals surface area contributed by atoms with E-state index in [2.05, 4.69) is 5.32 Å². The molecule has 0 aliphatic carbocycles. The van der Waals surface area contributed by atoms with Crippen molar-refractivity contribution in [2.45, 2.75) is 26.8 Å². The highest BCUT2D eigenvalue weighted by atomic mass is 16.3. The Labute approximate surface area is 109 Å². The molecule has 0 aromatic heterocycles. The number of hydrogen-bond donors (Lipinski definition) is 2. The smallest absolute Gasteiger partial charge is 0.254 e. The van der Waals surface area contributed by atoms with E-state index >= 15 is 0 Å². The molecular weight excluding hydrogens is 228 g/mol. The minimum atomic E-state index is -0.0285. The summed E-state index contributed by atoms with van der Waals surface area (Å²) in [6, 6.07) is 5.74. The number of carbonyl (C=O) groups is 1. The zero-order chi connectivity index (χ0) is 13.7. The number of aryl methyl sites for hydroxylation is 1. The fourth-order valence-corrected chi connectivity index (χ4v) is 1.92. The van der Waals surface area contributed by atoms with Crippen LogP contribution < -0.4 is 5.32 Å². The molecule has 0 aliphatic rings. The highest BCUT2D eigenvalue weighted by Gasteiger charge is 2.19. The topological polar surface area (TPSA) is 52.6 Å². The van der Waals surface area contributed by atoms with Crippen molar-refractivity contribution in [3.8, 4) is 0 Å². The van der Waals surface area contributed by atoms with Crippen LogP contribution >= 0.6 is 0 Å². The molecule has 0 unspecified atom stereocenters. The van der Waals surface area contributed by atoms with Gasteiger partial charge in [-0.05, 0) is 44.5 Å². The summed E-state index contributed by atoms with van der Waals surface area (Å²) >= 11 is 0. The van der Waals surface area contributed by atoms with Gasteiger partial charge in [0.1, 0.15) is 0 Å². The molecule has 1 amide bonds. The van der Waals surface area contributed by atoms with Crippen LogP contribution in [-0.2, 0) is 0 Å². The van der Waals surface area contributed by atoms with Crippen molar-refractivity contribution < 1.29 is 9.90 Å². The van der Waals surface area contributed by atoms with Gasteiger partial charge in [0.2, 0.25) is 0 Å². The molecule has 0 aliphatic heterocycles. The van der Waals surface area contributed by atoms with Gasteiger partial charge in [-0.1, -0.05) is 0 Å². The van der Waals surface area contributed by atoms with Crippen molar-refractivity contribution in [3.05, 3.63) is 29.3 Å². The van der Waals surface area contributed by atoms with E-state index in [4.69, 9.17) is 5.11 Å². The van der Waals surface area contributed by atoms with Crippen LogP contribution in [0.4, 0.5) is 5.69 Å². The Bertz CT molecular complexity index is 416. The second-order valence-corrected chi connectivity index (χ2v) is 4.60. The Kier molecular flexibility index (Phi) is 5.16. The summed E-state index contributed by atoms with van der Waals surface area (Å²) in [5.74, 6) is -0.0285. The van der Waals surface area contributed by atoms with Crippen LogP contribution in [0.2, 0.25) is 0 Å². The van der Waals surface area contributed by atoms with E-state index in [1.807, 2.05) is 46.0 Å². The molecule has 0 atom stereocenters. The summed E-state index contributed by atoms with van der Waals surface area (Å²) in [5.41, 5.74) is 2.62. The zero-order valence-corrected chi connectivity index (χ0v) is 11.5. The van der Waals surface area contributed by atoms with Gasteiger partial charge >= 0.3 is 0 Å². The summed E-state index contributed by atoms with van der Waals surface area (Å²) in [6.45, 7) is 6.17. The van der Waals surface area contributed by atoms with Crippen molar-refractivity contribution in [3.63, 3.8) is 0 Å². The molecule has 1 rings (SSSR count). The monoisotopic (exact) mass is 250 g/mol. The Morgan fingerprint density at radius 1 is 1.44 bits per heavy atom. The zero-order valence-electron chi connectivity index (χ0n) is 11.5. The number of aliphatic hydroxyl groups excluding tert-OH is 1. The van der Waals surface area contributed by atoms with Gasteiger partial charge in [0.15, 0.2) is 0 Å². The first-order valence-corrected chi connectivity index (χ1v) is 6.21. The van der Waals surface area contributed by atoms with Gasteiger partial charge in [-0.3, -0.25) is 4.79 Å². The fourth-order valence-electron chi connectivity index (χ4n) is 1.92. The van der Waals surface area contributed by atoms with Crippen molar-refractivity contribution in [2.75, 3.05) is 25.5 Å². The molecule has 4 heteroatoms. The summed E-state index contributed by atoms with van der Waals surface area (Å²) < 4.78 is 0. The molecule has 0 heterocycles. The number of carbonyl (C=O) groups excluding carboxylic acids is 1. The molecule has 100 valence electrons. The highest BCUT2D eigenvalue weighted by molar-refractivity contribution is 5.96. The first-order chi connectivity index (χ1) is 8.51. The van der Waals surface area contributed by atoms with E-state index in [0.717, 1.165) is 11.3 Å². The molecule has 1 aromatic carbocycles. The van der Waals surface area contributed by atoms with Gasteiger partial charge < -0.3 is 15.3 Å². The fraction of sp³-hybridized carbons (Fsp3) is 0.500. The Morgan fingerprint density at radius 3 is 2.56 bits per heavy atom. The van der Waals surface area contributed by atoms with E-state index in [9.17, 15) is 4.79 Å². The highest BCUT2D eigenvalue weighted by Crippen LogP contribution is 2.17. The van der Waals surface area contributed by atoms with Gasteiger partial charge in [-0.2, -0.15) is 0 Å². The van der Waals surface area contributed by atoms with Crippen LogP contribution in [0, 0.1) is 6.92 Å². The summed E-state index contributed by atoms with van der Waals surface area (Å²) in [4.78, 5) is 14.1. The number of anilines is 1. The summed E-state index contributed by atoms with van der Waals surface area (Å²) in [7, 11) is 1.85. The molecule has 4 nitrogen and oxygen atoms in total. The molecule has 0 saturated carbocycles. The quantitative estimate of drug-likeness (QED) is 0.839. The maximum absolute atomic E-state index is 12.4. The lowest BCUT2D eigenvalue weighted by molar-refractivity contribution is 0.0664. The predicted octanol–water partition coefficient (Wildman–Crippen LogP) is 1.88.